The van der Waals surface area contributed by atoms with Gasteiger partial charge in [-0.3, -0.25) is 9.59 Å². The minimum Gasteiger partial charge on any atom is -0.550 e. The summed E-state index contributed by atoms with van der Waals surface area (Å²) in [5, 5.41) is 14.6. The highest BCUT2D eigenvalue weighted by atomic mass is 32.1. The van der Waals surface area contributed by atoms with E-state index in [1.807, 2.05) is 6.08 Å². The quantitative estimate of drug-likeness (QED) is 0.725. The number of carboxylic acid groups (broad SMARTS) is 1. The largest absolute Gasteiger partial charge is 0.550 e. The molecule has 0 saturated carbocycles. The monoisotopic (exact) mass is 389 g/mol. The van der Waals surface area contributed by atoms with Crippen molar-refractivity contribution in [3.8, 4) is 0 Å². The first-order valence-electron chi connectivity index (χ1n) is 9.53. The molecule has 2 aliphatic carbocycles. The van der Waals surface area contributed by atoms with Crippen molar-refractivity contribution in [2.45, 2.75) is 51.9 Å². The molecule has 3 atom stereocenters. The fourth-order valence-electron chi connectivity index (χ4n) is 4.23. The third kappa shape index (κ3) is 4.08. The number of allylic oxidation sites excluding steroid dienone is 2. The van der Waals surface area contributed by atoms with E-state index in [9.17, 15) is 19.5 Å². The first kappa shape index (κ1) is 19.6. The lowest BCUT2D eigenvalue weighted by molar-refractivity contribution is -0.313. The number of carboxylic acids is 1. The van der Waals surface area contributed by atoms with Gasteiger partial charge in [0, 0.05) is 16.8 Å². The van der Waals surface area contributed by atoms with Crippen LogP contribution in [0.1, 0.15) is 59.8 Å². The number of fused-ring (bicyclic) bond motifs is 1. The normalized spacial score (nSPS) is 24.3. The number of thiophene rings is 1. The molecule has 0 saturated heterocycles. The first-order chi connectivity index (χ1) is 12.9. The van der Waals surface area contributed by atoms with E-state index in [2.05, 4.69) is 12.2 Å². The Bertz CT molecular complexity index is 783. The summed E-state index contributed by atoms with van der Waals surface area (Å²) >= 11 is 1.41. The Labute approximate surface area is 162 Å². The van der Waals surface area contributed by atoms with Crippen LogP contribution in [0.2, 0.25) is 0 Å². The summed E-state index contributed by atoms with van der Waals surface area (Å²) in [4.78, 5) is 37.3. The number of primary amides is 1. The lowest BCUT2D eigenvalue weighted by Crippen LogP contribution is -2.41. The highest BCUT2D eigenvalue weighted by molar-refractivity contribution is 7.17. The SMILES string of the molecule is CCC[C@H]1CCc2c(sc(NC(=O)[C@@H]3CC=CC[C@@H]3C(=O)[O-])c2C(N)=O)C1. The lowest BCUT2D eigenvalue weighted by atomic mass is 9.82. The van der Waals surface area contributed by atoms with Crippen molar-refractivity contribution >= 4 is 34.1 Å². The number of rotatable bonds is 6. The molecule has 7 heteroatoms. The second-order valence-corrected chi connectivity index (χ2v) is 8.54. The molecular formula is C20H25N2O4S-. The topological polar surface area (TPSA) is 112 Å². The second-order valence-electron chi connectivity index (χ2n) is 7.43. The number of nitrogens with one attached hydrogen (secondary N) is 1. The van der Waals surface area contributed by atoms with E-state index in [0.717, 1.165) is 42.5 Å². The molecule has 1 heterocycles. The Morgan fingerprint density at radius 3 is 2.59 bits per heavy atom. The predicted octanol–water partition coefficient (Wildman–Crippen LogP) is 2.02. The van der Waals surface area contributed by atoms with Crippen LogP contribution in [0.5, 0.6) is 0 Å². The third-order valence-corrected chi connectivity index (χ3v) is 6.79. The van der Waals surface area contributed by atoms with Gasteiger partial charge in [-0.1, -0.05) is 31.9 Å². The number of aliphatic carboxylic acids is 1. The Kier molecular flexibility index (Phi) is 5.99. The van der Waals surface area contributed by atoms with Gasteiger partial charge < -0.3 is 21.0 Å². The Morgan fingerprint density at radius 2 is 1.96 bits per heavy atom. The number of anilines is 1. The van der Waals surface area contributed by atoms with E-state index in [-0.39, 0.29) is 12.3 Å². The van der Waals surface area contributed by atoms with Gasteiger partial charge in [-0.25, -0.2) is 0 Å². The number of hydrogen-bond acceptors (Lipinski definition) is 5. The highest BCUT2D eigenvalue weighted by Crippen LogP contribution is 2.41. The smallest absolute Gasteiger partial charge is 0.251 e. The molecule has 27 heavy (non-hydrogen) atoms. The van der Waals surface area contributed by atoms with Crippen molar-refractivity contribution in [1.29, 1.82) is 0 Å². The zero-order valence-electron chi connectivity index (χ0n) is 15.5. The molecule has 0 spiro atoms. The predicted molar refractivity (Wildman–Crippen MR) is 102 cm³/mol. The molecule has 1 aromatic heterocycles. The van der Waals surface area contributed by atoms with Gasteiger partial charge in [-0.15, -0.1) is 11.3 Å². The summed E-state index contributed by atoms with van der Waals surface area (Å²) in [7, 11) is 0. The van der Waals surface area contributed by atoms with Crippen LogP contribution >= 0.6 is 11.3 Å². The van der Waals surface area contributed by atoms with Crippen molar-refractivity contribution in [3.63, 3.8) is 0 Å². The maximum atomic E-state index is 12.8. The van der Waals surface area contributed by atoms with Crippen molar-refractivity contribution < 1.29 is 19.5 Å². The third-order valence-electron chi connectivity index (χ3n) is 5.62. The van der Waals surface area contributed by atoms with Crippen LogP contribution in [0.25, 0.3) is 0 Å². The fraction of sp³-hybridized carbons (Fsp3) is 0.550. The van der Waals surface area contributed by atoms with Gasteiger partial charge in [0.2, 0.25) is 5.91 Å². The standard InChI is InChI=1S/C20H26N2O4S/c1-2-5-11-8-9-14-15(10-11)27-19(16(14)17(21)23)22-18(24)12-6-3-4-7-13(12)20(25)26/h3-4,11-13H,2,5-10H2,1H3,(H2,21,23)(H,22,24)(H,25,26)/p-1/t11-,12+,13-/m0/s1. The van der Waals surface area contributed by atoms with Gasteiger partial charge in [-0.05, 0) is 43.6 Å². The lowest BCUT2D eigenvalue weighted by Gasteiger charge is -2.28. The van der Waals surface area contributed by atoms with Crippen molar-refractivity contribution in [2.75, 3.05) is 5.32 Å². The second kappa shape index (κ2) is 8.25. The van der Waals surface area contributed by atoms with Gasteiger partial charge in [0.15, 0.2) is 0 Å². The van der Waals surface area contributed by atoms with Gasteiger partial charge in [0.25, 0.3) is 5.91 Å². The average Bonchev–Trinajstić information content (AvgIpc) is 2.99. The Balaban J connectivity index is 1.84. The number of amides is 2. The molecule has 3 rings (SSSR count). The van der Waals surface area contributed by atoms with Gasteiger partial charge >= 0.3 is 0 Å². The molecule has 0 aliphatic heterocycles. The molecule has 2 aliphatic rings. The van der Waals surface area contributed by atoms with Crippen LogP contribution in [0.3, 0.4) is 0 Å². The van der Waals surface area contributed by atoms with E-state index in [4.69, 9.17) is 5.73 Å². The molecule has 2 amide bonds. The number of carbonyl (C=O) groups is 3. The summed E-state index contributed by atoms with van der Waals surface area (Å²) in [5.74, 6) is -3.11. The summed E-state index contributed by atoms with van der Waals surface area (Å²) < 4.78 is 0. The highest BCUT2D eigenvalue weighted by Gasteiger charge is 2.33. The van der Waals surface area contributed by atoms with Crippen LogP contribution in [0.15, 0.2) is 12.2 Å². The van der Waals surface area contributed by atoms with Crippen molar-refractivity contribution in [1.82, 2.24) is 0 Å². The van der Waals surface area contributed by atoms with E-state index in [1.54, 1.807) is 6.08 Å². The molecule has 6 nitrogen and oxygen atoms in total. The minimum atomic E-state index is -1.22. The maximum absolute atomic E-state index is 12.8. The van der Waals surface area contributed by atoms with Crippen LogP contribution < -0.4 is 16.2 Å². The van der Waals surface area contributed by atoms with E-state index in [1.165, 1.54) is 11.3 Å². The van der Waals surface area contributed by atoms with Gasteiger partial charge in [0.1, 0.15) is 5.00 Å². The van der Waals surface area contributed by atoms with Crippen LogP contribution in [-0.4, -0.2) is 17.8 Å². The average molecular weight is 389 g/mol. The van der Waals surface area contributed by atoms with E-state index < -0.39 is 23.7 Å². The molecule has 146 valence electrons. The molecule has 0 fully saturated rings. The van der Waals surface area contributed by atoms with E-state index >= 15 is 0 Å². The molecule has 1 aromatic rings. The maximum Gasteiger partial charge on any atom is 0.251 e. The zero-order valence-corrected chi connectivity index (χ0v) is 16.3. The molecule has 0 radical (unpaired) electrons. The van der Waals surface area contributed by atoms with E-state index in [0.29, 0.717) is 22.9 Å². The molecule has 0 unspecified atom stereocenters. The van der Waals surface area contributed by atoms with Crippen LogP contribution in [0.4, 0.5) is 5.00 Å². The molecular weight excluding hydrogens is 364 g/mol. The Morgan fingerprint density at radius 1 is 1.26 bits per heavy atom. The minimum absolute atomic E-state index is 0.280. The number of carbonyl (C=O) groups excluding carboxylic acids is 3. The van der Waals surface area contributed by atoms with Crippen molar-refractivity contribution in [2.24, 2.45) is 23.5 Å². The summed E-state index contributed by atoms with van der Waals surface area (Å²) in [5.41, 5.74) is 6.96. The van der Waals surface area contributed by atoms with Crippen LogP contribution in [0, 0.1) is 17.8 Å². The fourth-order valence-corrected chi connectivity index (χ4v) is 5.60. The zero-order chi connectivity index (χ0) is 19.6. The van der Waals surface area contributed by atoms with Crippen molar-refractivity contribution in [3.05, 3.63) is 28.2 Å². The number of nitrogens with two attached hydrogens (primary N) is 1. The first-order valence-corrected chi connectivity index (χ1v) is 10.3. The van der Waals surface area contributed by atoms with Gasteiger partial charge in [0.05, 0.1) is 11.5 Å². The number of hydrogen-bond donors (Lipinski definition) is 2. The van der Waals surface area contributed by atoms with Gasteiger partial charge in [-0.2, -0.15) is 0 Å². The summed E-state index contributed by atoms with van der Waals surface area (Å²) in [6.07, 6.45) is 9.18. The molecule has 0 aromatic carbocycles. The Hall–Kier alpha value is -2.15. The van der Waals surface area contributed by atoms with Crippen LogP contribution in [-0.2, 0) is 22.4 Å². The summed E-state index contributed by atoms with van der Waals surface area (Å²) in [6.45, 7) is 2.16. The summed E-state index contributed by atoms with van der Waals surface area (Å²) in [6, 6.07) is 0. The molecule has 0 bridgehead atoms. The molecule has 3 N–H and O–H groups in total.